The van der Waals surface area contributed by atoms with Gasteiger partial charge in [0.15, 0.2) is 5.78 Å². The number of halogens is 2. The second-order valence-electron chi connectivity index (χ2n) is 3.05. The zero-order chi connectivity index (χ0) is 10.8. The van der Waals surface area contributed by atoms with Crippen molar-refractivity contribution in [2.24, 2.45) is 0 Å². The van der Waals surface area contributed by atoms with Crippen LogP contribution in [-0.4, -0.2) is 10.8 Å². The molecule has 0 amide bonds. The summed E-state index contributed by atoms with van der Waals surface area (Å²) in [6.45, 7) is 0. The van der Waals surface area contributed by atoms with Crippen LogP contribution in [0, 0.1) is 0 Å². The summed E-state index contributed by atoms with van der Waals surface area (Å²) in [6, 6.07) is 6.53. The SMILES string of the molecule is O=C(c1cc[nH]c1)c1cc(Cl)ccc1Cl. The molecule has 0 atom stereocenters. The van der Waals surface area contributed by atoms with Crippen LogP contribution in [-0.2, 0) is 0 Å². The van der Waals surface area contributed by atoms with Gasteiger partial charge >= 0.3 is 0 Å². The third-order valence-corrected chi connectivity index (χ3v) is 2.60. The van der Waals surface area contributed by atoms with Crippen molar-refractivity contribution in [3.63, 3.8) is 0 Å². The van der Waals surface area contributed by atoms with Gasteiger partial charge in [-0.25, -0.2) is 0 Å². The molecule has 76 valence electrons. The Labute approximate surface area is 96.8 Å². The number of hydrogen-bond acceptors (Lipinski definition) is 1. The lowest BCUT2D eigenvalue weighted by molar-refractivity contribution is 0.103. The van der Waals surface area contributed by atoms with Gasteiger partial charge in [-0.05, 0) is 24.3 Å². The zero-order valence-electron chi connectivity index (χ0n) is 7.63. The molecular weight excluding hydrogens is 233 g/mol. The van der Waals surface area contributed by atoms with Crippen molar-refractivity contribution in [2.45, 2.75) is 0 Å². The van der Waals surface area contributed by atoms with Gasteiger partial charge in [0.05, 0.1) is 5.02 Å². The van der Waals surface area contributed by atoms with Gasteiger partial charge in [-0.1, -0.05) is 23.2 Å². The molecule has 15 heavy (non-hydrogen) atoms. The molecule has 0 saturated carbocycles. The number of benzene rings is 1. The zero-order valence-corrected chi connectivity index (χ0v) is 9.14. The molecule has 4 heteroatoms. The lowest BCUT2D eigenvalue weighted by Gasteiger charge is -2.01. The van der Waals surface area contributed by atoms with Gasteiger partial charge < -0.3 is 4.98 Å². The minimum absolute atomic E-state index is 0.135. The Balaban J connectivity index is 2.46. The van der Waals surface area contributed by atoms with Gasteiger partial charge in [-0.2, -0.15) is 0 Å². The molecule has 2 nitrogen and oxygen atoms in total. The summed E-state index contributed by atoms with van der Waals surface area (Å²) in [4.78, 5) is 14.7. The van der Waals surface area contributed by atoms with Crippen LogP contribution in [0.1, 0.15) is 15.9 Å². The predicted molar refractivity (Wildman–Crippen MR) is 60.7 cm³/mol. The van der Waals surface area contributed by atoms with Crippen LogP contribution in [0.25, 0.3) is 0 Å². The summed E-state index contributed by atoms with van der Waals surface area (Å²) in [5.74, 6) is -0.135. The number of hydrogen-bond donors (Lipinski definition) is 1. The van der Waals surface area contributed by atoms with E-state index in [1.165, 1.54) is 0 Å². The Morgan fingerprint density at radius 3 is 2.67 bits per heavy atom. The van der Waals surface area contributed by atoms with Crippen LogP contribution in [0.2, 0.25) is 10.0 Å². The molecule has 0 fully saturated rings. The fraction of sp³-hybridized carbons (Fsp3) is 0. The van der Waals surface area contributed by atoms with Gasteiger partial charge in [0.2, 0.25) is 0 Å². The standard InChI is InChI=1S/C11H7Cl2NO/c12-8-1-2-10(13)9(5-8)11(15)7-3-4-14-6-7/h1-6,14H. The van der Waals surface area contributed by atoms with Crippen LogP contribution in [0.3, 0.4) is 0 Å². The van der Waals surface area contributed by atoms with Crippen LogP contribution in [0.15, 0.2) is 36.7 Å². The Hall–Kier alpha value is -1.25. The van der Waals surface area contributed by atoms with E-state index in [1.54, 1.807) is 36.7 Å². The smallest absolute Gasteiger partial charge is 0.196 e. The highest BCUT2D eigenvalue weighted by molar-refractivity contribution is 6.36. The van der Waals surface area contributed by atoms with Crippen molar-refractivity contribution >= 4 is 29.0 Å². The highest BCUT2D eigenvalue weighted by Crippen LogP contribution is 2.23. The van der Waals surface area contributed by atoms with E-state index in [-0.39, 0.29) is 5.78 Å². The summed E-state index contributed by atoms with van der Waals surface area (Å²) < 4.78 is 0. The first-order chi connectivity index (χ1) is 7.18. The number of ketones is 1. The Morgan fingerprint density at radius 1 is 1.20 bits per heavy atom. The highest BCUT2D eigenvalue weighted by Gasteiger charge is 2.13. The van der Waals surface area contributed by atoms with Crippen LogP contribution in [0.5, 0.6) is 0 Å². The van der Waals surface area contributed by atoms with E-state index in [9.17, 15) is 4.79 Å². The maximum absolute atomic E-state index is 11.9. The topological polar surface area (TPSA) is 32.9 Å². The monoisotopic (exact) mass is 239 g/mol. The molecule has 0 aliphatic rings. The van der Waals surface area contributed by atoms with Crippen molar-refractivity contribution in [1.29, 1.82) is 0 Å². The van der Waals surface area contributed by atoms with Gasteiger partial charge in [0.1, 0.15) is 0 Å². The van der Waals surface area contributed by atoms with Crippen molar-refractivity contribution in [2.75, 3.05) is 0 Å². The first-order valence-electron chi connectivity index (χ1n) is 4.31. The molecule has 1 aromatic heterocycles. The maximum Gasteiger partial charge on any atom is 0.196 e. The van der Waals surface area contributed by atoms with Crippen molar-refractivity contribution in [3.8, 4) is 0 Å². The fourth-order valence-corrected chi connectivity index (χ4v) is 1.67. The number of nitrogens with one attached hydrogen (secondary N) is 1. The molecule has 0 aliphatic heterocycles. The summed E-state index contributed by atoms with van der Waals surface area (Å²) in [6.07, 6.45) is 3.31. The van der Waals surface area contributed by atoms with Gasteiger partial charge in [-0.15, -0.1) is 0 Å². The predicted octanol–water partition coefficient (Wildman–Crippen LogP) is 3.55. The molecule has 0 spiro atoms. The van der Waals surface area contributed by atoms with E-state index in [0.717, 1.165) is 0 Å². The van der Waals surface area contributed by atoms with Crippen molar-refractivity contribution < 1.29 is 4.79 Å². The molecule has 0 bridgehead atoms. The highest BCUT2D eigenvalue weighted by atomic mass is 35.5. The molecule has 1 N–H and O–H groups in total. The molecule has 0 unspecified atom stereocenters. The maximum atomic E-state index is 11.9. The van der Waals surface area contributed by atoms with E-state index in [4.69, 9.17) is 23.2 Å². The van der Waals surface area contributed by atoms with Crippen LogP contribution in [0.4, 0.5) is 0 Å². The van der Waals surface area contributed by atoms with Gasteiger partial charge in [-0.3, -0.25) is 4.79 Å². The molecule has 0 saturated heterocycles. The third kappa shape index (κ3) is 2.06. The van der Waals surface area contributed by atoms with Crippen molar-refractivity contribution in [1.82, 2.24) is 4.98 Å². The quantitative estimate of drug-likeness (QED) is 0.800. The summed E-state index contributed by atoms with van der Waals surface area (Å²) in [5, 5.41) is 0.906. The molecule has 1 heterocycles. The number of aromatic amines is 1. The second-order valence-corrected chi connectivity index (χ2v) is 3.90. The number of carbonyl (C=O) groups is 1. The largest absolute Gasteiger partial charge is 0.367 e. The summed E-state index contributed by atoms with van der Waals surface area (Å²) in [7, 11) is 0. The Morgan fingerprint density at radius 2 is 2.00 bits per heavy atom. The van der Waals surface area contributed by atoms with Gasteiger partial charge in [0.25, 0.3) is 0 Å². The summed E-state index contributed by atoms with van der Waals surface area (Å²) in [5.41, 5.74) is 0.989. The minimum Gasteiger partial charge on any atom is -0.367 e. The first kappa shape index (κ1) is 10.3. The molecule has 0 aliphatic carbocycles. The molecule has 2 aromatic rings. The van der Waals surface area contributed by atoms with E-state index < -0.39 is 0 Å². The van der Waals surface area contributed by atoms with E-state index >= 15 is 0 Å². The minimum atomic E-state index is -0.135. The molecule has 1 aromatic carbocycles. The van der Waals surface area contributed by atoms with Crippen LogP contribution >= 0.6 is 23.2 Å². The fourth-order valence-electron chi connectivity index (χ4n) is 1.29. The first-order valence-corrected chi connectivity index (χ1v) is 5.06. The Bertz CT molecular complexity index is 491. The van der Waals surface area contributed by atoms with Crippen LogP contribution < -0.4 is 0 Å². The molecule has 0 radical (unpaired) electrons. The molecule has 2 rings (SSSR count). The number of H-pyrrole nitrogens is 1. The lowest BCUT2D eigenvalue weighted by Crippen LogP contribution is -2.00. The van der Waals surface area contributed by atoms with E-state index in [0.29, 0.717) is 21.2 Å². The third-order valence-electron chi connectivity index (χ3n) is 2.03. The van der Waals surface area contributed by atoms with Crippen molar-refractivity contribution in [3.05, 3.63) is 57.8 Å². The second kappa shape index (κ2) is 4.09. The normalized spacial score (nSPS) is 10.3. The average molecular weight is 240 g/mol. The number of carbonyl (C=O) groups excluding carboxylic acids is 1. The number of aromatic nitrogens is 1. The lowest BCUT2D eigenvalue weighted by atomic mass is 10.1. The Kier molecular flexibility index (Phi) is 2.80. The van der Waals surface area contributed by atoms with E-state index in [2.05, 4.69) is 4.98 Å². The van der Waals surface area contributed by atoms with Gasteiger partial charge in [0, 0.05) is 28.5 Å². The molecular formula is C11H7Cl2NO. The summed E-state index contributed by atoms with van der Waals surface area (Å²) >= 11 is 11.7. The average Bonchev–Trinajstić information content (AvgIpc) is 2.74. The number of rotatable bonds is 2. The van der Waals surface area contributed by atoms with E-state index in [1.807, 2.05) is 0 Å².